The standard InChI is InChI=1S/C17H18FNO/c18-12-5-6-13-11(10-12)4-7-16(13)19-15-2-1-3-17-14(15)8-9-20-17/h5-6,8-10,15-16,19H,1-4,7H2. The fourth-order valence-electron chi connectivity index (χ4n) is 3.66. The minimum absolute atomic E-state index is 0.126. The molecule has 2 nitrogen and oxygen atoms in total. The lowest BCUT2D eigenvalue weighted by Gasteiger charge is -2.26. The van der Waals surface area contributed by atoms with Crippen molar-refractivity contribution in [3.8, 4) is 0 Å². The van der Waals surface area contributed by atoms with Crippen molar-refractivity contribution in [2.75, 3.05) is 0 Å². The Labute approximate surface area is 118 Å². The normalized spacial score (nSPS) is 24.4. The van der Waals surface area contributed by atoms with Gasteiger partial charge in [-0.25, -0.2) is 4.39 Å². The molecule has 1 aromatic heterocycles. The SMILES string of the molecule is Fc1ccc2c(c1)CCC2NC1CCCc2occc21. The summed E-state index contributed by atoms with van der Waals surface area (Å²) in [6.07, 6.45) is 7.19. The number of fused-ring (bicyclic) bond motifs is 2. The zero-order valence-electron chi connectivity index (χ0n) is 11.4. The van der Waals surface area contributed by atoms with Gasteiger partial charge >= 0.3 is 0 Å². The van der Waals surface area contributed by atoms with Crippen LogP contribution in [0, 0.1) is 5.82 Å². The fourth-order valence-corrected chi connectivity index (χ4v) is 3.66. The first-order valence-corrected chi connectivity index (χ1v) is 7.42. The van der Waals surface area contributed by atoms with Gasteiger partial charge in [0.25, 0.3) is 0 Å². The van der Waals surface area contributed by atoms with Crippen molar-refractivity contribution in [1.29, 1.82) is 0 Å². The second-order valence-electron chi connectivity index (χ2n) is 5.84. The highest BCUT2D eigenvalue weighted by Crippen LogP contribution is 2.37. The number of hydrogen-bond acceptors (Lipinski definition) is 2. The summed E-state index contributed by atoms with van der Waals surface area (Å²) in [4.78, 5) is 0. The Balaban J connectivity index is 1.58. The van der Waals surface area contributed by atoms with Crippen molar-refractivity contribution in [1.82, 2.24) is 5.32 Å². The quantitative estimate of drug-likeness (QED) is 0.890. The van der Waals surface area contributed by atoms with Crippen LogP contribution in [-0.2, 0) is 12.8 Å². The van der Waals surface area contributed by atoms with E-state index in [4.69, 9.17) is 4.42 Å². The summed E-state index contributed by atoms with van der Waals surface area (Å²) in [5.74, 6) is 1.00. The lowest BCUT2D eigenvalue weighted by Crippen LogP contribution is -2.27. The van der Waals surface area contributed by atoms with E-state index in [0.29, 0.717) is 12.1 Å². The second kappa shape index (κ2) is 4.74. The average Bonchev–Trinajstić information content (AvgIpc) is 3.06. The van der Waals surface area contributed by atoms with Crippen LogP contribution in [0.1, 0.15) is 53.8 Å². The van der Waals surface area contributed by atoms with Gasteiger partial charge in [0.2, 0.25) is 0 Å². The van der Waals surface area contributed by atoms with E-state index in [9.17, 15) is 4.39 Å². The van der Waals surface area contributed by atoms with Gasteiger partial charge in [-0.3, -0.25) is 0 Å². The van der Waals surface area contributed by atoms with Crippen LogP contribution in [0.15, 0.2) is 34.9 Å². The average molecular weight is 271 g/mol. The van der Waals surface area contributed by atoms with Crippen LogP contribution in [-0.4, -0.2) is 0 Å². The molecule has 2 aromatic rings. The number of hydrogen-bond donors (Lipinski definition) is 1. The lowest BCUT2D eigenvalue weighted by molar-refractivity contribution is 0.374. The van der Waals surface area contributed by atoms with E-state index < -0.39 is 0 Å². The van der Waals surface area contributed by atoms with Crippen molar-refractivity contribution >= 4 is 0 Å². The van der Waals surface area contributed by atoms with Gasteiger partial charge in [0.1, 0.15) is 11.6 Å². The Hall–Kier alpha value is -1.61. The molecule has 0 spiro atoms. The zero-order chi connectivity index (χ0) is 13.5. The van der Waals surface area contributed by atoms with E-state index in [1.807, 2.05) is 6.07 Å². The van der Waals surface area contributed by atoms with Gasteiger partial charge in [0.05, 0.1) is 6.26 Å². The Morgan fingerprint density at radius 3 is 2.90 bits per heavy atom. The molecule has 2 aliphatic carbocycles. The smallest absolute Gasteiger partial charge is 0.123 e. The molecule has 1 aromatic carbocycles. The first kappa shape index (κ1) is 12.2. The zero-order valence-corrected chi connectivity index (χ0v) is 11.4. The maximum atomic E-state index is 13.3. The summed E-state index contributed by atoms with van der Waals surface area (Å²) in [6, 6.07) is 8.00. The minimum atomic E-state index is -0.126. The van der Waals surface area contributed by atoms with E-state index in [-0.39, 0.29) is 5.82 Å². The van der Waals surface area contributed by atoms with E-state index in [0.717, 1.165) is 37.0 Å². The van der Waals surface area contributed by atoms with Crippen LogP contribution in [0.5, 0.6) is 0 Å². The highest BCUT2D eigenvalue weighted by atomic mass is 19.1. The lowest BCUT2D eigenvalue weighted by atomic mass is 9.92. The third-order valence-corrected chi connectivity index (χ3v) is 4.64. The number of rotatable bonds is 2. The number of halogens is 1. The fraction of sp³-hybridized carbons (Fsp3) is 0.412. The van der Waals surface area contributed by atoms with Gasteiger partial charge in [-0.1, -0.05) is 6.07 Å². The third kappa shape index (κ3) is 1.97. The summed E-state index contributed by atoms with van der Waals surface area (Å²) < 4.78 is 18.8. The second-order valence-corrected chi connectivity index (χ2v) is 5.84. The number of benzene rings is 1. The molecule has 2 atom stereocenters. The molecule has 104 valence electrons. The molecule has 0 bridgehead atoms. The molecule has 2 unspecified atom stereocenters. The van der Waals surface area contributed by atoms with Crippen LogP contribution in [0.4, 0.5) is 4.39 Å². The van der Waals surface area contributed by atoms with Gasteiger partial charge in [-0.05, 0) is 55.0 Å². The molecule has 3 heteroatoms. The van der Waals surface area contributed by atoms with Crippen LogP contribution < -0.4 is 5.32 Å². The molecule has 0 saturated carbocycles. The van der Waals surface area contributed by atoms with Crippen LogP contribution in [0.2, 0.25) is 0 Å². The van der Waals surface area contributed by atoms with Crippen LogP contribution in [0.3, 0.4) is 0 Å². The molecule has 0 aliphatic heterocycles. The summed E-state index contributed by atoms with van der Waals surface area (Å²) >= 11 is 0. The van der Waals surface area contributed by atoms with Crippen molar-refractivity contribution in [2.24, 2.45) is 0 Å². The Morgan fingerprint density at radius 1 is 1.05 bits per heavy atom. The van der Waals surface area contributed by atoms with E-state index in [1.165, 1.54) is 17.5 Å². The largest absolute Gasteiger partial charge is 0.469 e. The molecule has 20 heavy (non-hydrogen) atoms. The van der Waals surface area contributed by atoms with Gasteiger partial charge in [0.15, 0.2) is 0 Å². The molecule has 4 rings (SSSR count). The van der Waals surface area contributed by atoms with Gasteiger partial charge in [-0.15, -0.1) is 0 Å². The third-order valence-electron chi connectivity index (χ3n) is 4.64. The number of furan rings is 1. The molecule has 2 aliphatic rings. The van der Waals surface area contributed by atoms with Gasteiger partial charge < -0.3 is 9.73 Å². The van der Waals surface area contributed by atoms with Crippen LogP contribution in [0.25, 0.3) is 0 Å². The highest BCUT2D eigenvalue weighted by Gasteiger charge is 2.28. The summed E-state index contributed by atoms with van der Waals surface area (Å²) in [6.45, 7) is 0. The predicted octanol–water partition coefficient (Wildman–Crippen LogP) is 4.07. The topological polar surface area (TPSA) is 25.2 Å². The Bertz CT molecular complexity index is 634. The molecule has 0 fully saturated rings. The van der Waals surface area contributed by atoms with Gasteiger partial charge in [-0.2, -0.15) is 0 Å². The maximum absolute atomic E-state index is 13.3. The summed E-state index contributed by atoms with van der Waals surface area (Å²) in [5, 5.41) is 3.75. The van der Waals surface area contributed by atoms with Gasteiger partial charge in [0, 0.05) is 24.1 Å². The minimum Gasteiger partial charge on any atom is -0.469 e. The molecule has 1 heterocycles. The van der Waals surface area contributed by atoms with E-state index in [2.05, 4.69) is 11.4 Å². The Kier molecular flexibility index (Phi) is 2.88. The van der Waals surface area contributed by atoms with Crippen molar-refractivity contribution < 1.29 is 8.81 Å². The monoisotopic (exact) mass is 271 g/mol. The molecule has 0 radical (unpaired) electrons. The van der Waals surface area contributed by atoms with E-state index in [1.54, 1.807) is 18.4 Å². The molecular weight excluding hydrogens is 253 g/mol. The first-order valence-electron chi connectivity index (χ1n) is 7.42. The Morgan fingerprint density at radius 2 is 1.95 bits per heavy atom. The molecular formula is C17H18FNO. The number of nitrogens with one attached hydrogen (secondary N) is 1. The predicted molar refractivity (Wildman–Crippen MR) is 75.0 cm³/mol. The van der Waals surface area contributed by atoms with Crippen molar-refractivity contribution in [3.05, 3.63) is 58.8 Å². The van der Waals surface area contributed by atoms with Crippen LogP contribution >= 0.6 is 0 Å². The first-order chi connectivity index (χ1) is 9.81. The molecule has 0 amide bonds. The molecule has 1 N–H and O–H groups in total. The van der Waals surface area contributed by atoms with Crippen molar-refractivity contribution in [3.63, 3.8) is 0 Å². The van der Waals surface area contributed by atoms with E-state index >= 15 is 0 Å². The summed E-state index contributed by atoms with van der Waals surface area (Å²) in [7, 11) is 0. The van der Waals surface area contributed by atoms with Crippen molar-refractivity contribution in [2.45, 2.75) is 44.2 Å². The summed E-state index contributed by atoms with van der Waals surface area (Å²) in [5.41, 5.74) is 3.74. The maximum Gasteiger partial charge on any atom is 0.123 e. The highest BCUT2D eigenvalue weighted by molar-refractivity contribution is 5.35. The molecule has 0 saturated heterocycles. The number of aryl methyl sites for hydroxylation is 2.